The molecule has 0 saturated carbocycles. The molecule has 3 aromatic carbocycles. The van der Waals surface area contributed by atoms with Gasteiger partial charge in [0.05, 0.1) is 5.69 Å². The number of nitrogens with two attached hydrogens (primary N) is 1. The summed E-state index contributed by atoms with van der Waals surface area (Å²) in [5, 5.41) is 9.94. The first-order valence-electron chi connectivity index (χ1n) is 11.7. The lowest BCUT2D eigenvalue weighted by Crippen LogP contribution is -2.11. The van der Waals surface area contributed by atoms with E-state index >= 15 is 0 Å². The van der Waals surface area contributed by atoms with E-state index < -0.39 is 0 Å². The molecule has 0 aliphatic heterocycles. The number of nitrogens with zero attached hydrogens (tertiary/aromatic N) is 2. The summed E-state index contributed by atoms with van der Waals surface area (Å²) < 4.78 is 0. The third-order valence-electron chi connectivity index (χ3n) is 6.15. The number of nitrogens with one attached hydrogen (secondary N) is 2. The van der Waals surface area contributed by atoms with Crippen LogP contribution in [0.4, 0.5) is 22.3 Å². The molecule has 1 aliphatic carbocycles. The van der Waals surface area contributed by atoms with Crippen molar-refractivity contribution in [1.82, 2.24) is 9.97 Å². The maximum absolute atomic E-state index is 12.5. The van der Waals surface area contributed by atoms with Crippen LogP contribution < -0.4 is 16.4 Å². The fourth-order valence-corrected chi connectivity index (χ4v) is 6.20. The summed E-state index contributed by atoms with van der Waals surface area (Å²) in [6.45, 7) is 0. The number of fused-ring (bicyclic) bond motifs is 1. The zero-order chi connectivity index (χ0) is 24.5. The summed E-state index contributed by atoms with van der Waals surface area (Å²) in [7, 11) is 0. The summed E-state index contributed by atoms with van der Waals surface area (Å²) in [5.74, 6) is 0.320. The Morgan fingerprint density at radius 2 is 1.75 bits per heavy atom. The quantitative estimate of drug-likeness (QED) is 0.229. The maximum atomic E-state index is 12.5. The van der Waals surface area contributed by atoms with Crippen LogP contribution in [0.25, 0.3) is 21.1 Å². The van der Waals surface area contributed by atoms with E-state index in [1.165, 1.54) is 46.6 Å². The van der Waals surface area contributed by atoms with Gasteiger partial charge in [-0.05, 0) is 66.8 Å². The molecule has 0 radical (unpaired) electrons. The van der Waals surface area contributed by atoms with Crippen LogP contribution in [0.15, 0.2) is 78.2 Å². The SMILES string of the molecule is Nc1nc(Nc2ccc3c(c2)CCC3)sc1-c1nc(-c2cccc(NC(=O)c3ccccc3)c2)cs1. The zero-order valence-electron chi connectivity index (χ0n) is 19.3. The number of nitrogen functional groups attached to an aromatic ring is 1. The highest BCUT2D eigenvalue weighted by molar-refractivity contribution is 7.23. The number of thiazole rings is 2. The number of anilines is 4. The second-order valence-corrected chi connectivity index (χ2v) is 10.5. The average molecular weight is 510 g/mol. The van der Waals surface area contributed by atoms with Gasteiger partial charge in [-0.1, -0.05) is 47.7 Å². The van der Waals surface area contributed by atoms with E-state index in [4.69, 9.17) is 10.7 Å². The Labute approximate surface area is 216 Å². The predicted octanol–water partition coefficient (Wildman–Crippen LogP) is 7.00. The van der Waals surface area contributed by atoms with Crippen LogP contribution in [0, 0.1) is 0 Å². The number of carbonyl (C=O) groups is 1. The zero-order valence-corrected chi connectivity index (χ0v) is 21.0. The second-order valence-electron chi connectivity index (χ2n) is 8.63. The number of aromatic nitrogens is 2. The molecule has 2 heterocycles. The molecule has 0 bridgehead atoms. The van der Waals surface area contributed by atoms with Crippen molar-refractivity contribution in [3.05, 3.63) is 94.9 Å². The highest BCUT2D eigenvalue weighted by Gasteiger charge is 2.17. The molecule has 5 aromatic rings. The van der Waals surface area contributed by atoms with Crippen molar-refractivity contribution in [3.63, 3.8) is 0 Å². The minimum absolute atomic E-state index is 0.146. The van der Waals surface area contributed by atoms with Crippen LogP contribution in [-0.2, 0) is 12.8 Å². The largest absolute Gasteiger partial charge is 0.382 e. The Morgan fingerprint density at radius 3 is 2.64 bits per heavy atom. The second kappa shape index (κ2) is 9.56. The van der Waals surface area contributed by atoms with Gasteiger partial charge in [0.2, 0.25) is 0 Å². The topological polar surface area (TPSA) is 92.9 Å². The third-order valence-corrected chi connectivity index (χ3v) is 8.14. The predicted molar refractivity (Wildman–Crippen MR) is 149 cm³/mol. The van der Waals surface area contributed by atoms with Gasteiger partial charge in [0.1, 0.15) is 15.7 Å². The molecule has 0 fully saturated rings. The molecule has 8 heteroatoms. The Balaban J connectivity index is 1.20. The van der Waals surface area contributed by atoms with E-state index in [1.807, 2.05) is 47.8 Å². The van der Waals surface area contributed by atoms with Gasteiger partial charge < -0.3 is 16.4 Å². The number of aryl methyl sites for hydroxylation is 2. The molecule has 36 heavy (non-hydrogen) atoms. The van der Waals surface area contributed by atoms with E-state index in [2.05, 4.69) is 33.8 Å². The Kier molecular flexibility index (Phi) is 5.96. The third kappa shape index (κ3) is 4.60. The molecule has 0 spiro atoms. The molecule has 1 amide bonds. The van der Waals surface area contributed by atoms with Crippen LogP contribution in [-0.4, -0.2) is 15.9 Å². The van der Waals surface area contributed by atoms with Crippen LogP contribution >= 0.6 is 22.7 Å². The molecule has 0 unspecified atom stereocenters. The molecule has 2 aromatic heterocycles. The molecule has 4 N–H and O–H groups in total. The smallest absolute Gasteiger partial charge is 0.255 e. The first-order chi connectivity index (χ1) is 17.6. The van der Waals surface area contributed by atoms with Gasteiger partial charge >= 0.3 is 0 Å². The molecular formula is C28H23N5OS2. The van der Waals surface area contributed by atoms with Gasteiger partial charge in [-0.3, -0.25) is 4.79 Å². The van der Waals surface area contributed by atoms with Crippen molar-refractivity contribution < 1.29 is 4.79 Å². The Hall–Kier alpha value is -4.01. The van der Waals surface area contributed by atoms with Crippen LogP contribution in [0.3, 0.4) is 0 Å². The summed E-state index contributed by atoms with van der Waals surface area (Å²) in [5.41, 5.74) is 13.2. The Bertz CT molecular complexity index is 1560. The van der Waals surface area contributed by atoms with Crippen molar-refractivity contribution in [3.8, 4) is 21.1 Å². The molecule has 0 saturated heterocycles. The van der Waals surface area contributed by atoms with Crippen molar-refractivity contribution in [2.75, 3.05) is 16.4 Å². The number of carbonyl (C=O) groups excluding carboxylic acids is 1. The first kappa shape index (κ1) is 22.5. The summed E-state index contributed by atoms with van der Waals surface area (Å²) in [6.07, 6.45) is 3.52. The van der Waals surface area contributed by atoms with Crippen LogP contribution in [0.1, 0.15) is 27.9 Å². The minimum atomic E-state index is -0.146. The number of hydrogen-bond acceptors (Lipinski definition) is 7. The lowest BCUT2D eigenvalue weighted by molar-refractivity contribution is 0.102. The molecule has 6 rings (SSSR count). The van der Waals surface area contributed by atoms with Gasteiger partial charge in [-0.15, -0.1) is 11.3 Å². The van der Waals surface area contributed by atoms with Gasteiger partial charge in [-0.2, -0.15) is 0 Å². The first-order valence-corrected chi connectivity index (χ1v) is 13.4. The highest BCUT2D eigenvalue weighted by Crippen LogP contribution is 2.39. The van der Waals surface area contributed by atoms with Gasteiger partial charge in [0.25, 0.3) is 5.91 Å². The summed E-state index contributed by atoms with van der Waals surface area (Å²) in [4.78, 5) is 22.7. The summed E-state index contributed by atoms with van der Waals surface area (Å²) in [6, 6.07) is 23.4. The van der Waals surface area contributed by atoms with Crippen molar-refractivity contribution in [2.24, 2.45) is 0 Å². The lowest BCUT2D eigenvalue weighted by atomic mass is 10.1. The fourth-order valence-electron chi connectivity index (χ4n) is 4.37. The highest BCUT2D eigenvalue weighted by atomic mass is 32.1. The Morgan fingerprint density at radius 1 is 0.889 bits per heavy atom. The van der Waals surface area contributed by atoms with Crippen LogP contribution in [0.5, 0.6) is 0 Å². The number of amides is 1. The van der Waals surface area contributed by atoms with Gasteiger partial charge in [-0.25, -0.2) is 9.97 Å². The molecule has 0 atom stereocenters. The monoisotopic (exact) mass is 509 g/mol. The van der Waals surface area contributed by atoms with Gasteiger partial charge in [0.15, 0.2) is 5.13 Å². The number of hydrogen-bond donors (Lipinski definition) is 3. The molecule has 1 aliphatic rings. The van der Waals surface area contributed by atoms with E-state index in [1.54, 1.807) is 12.1 Å². The van der Waals surface area contributed by atoms with Crippen LogP contribution in [0.2, 0.25) is 0 Å². The molecule has 6 nitrogen and oxygen atoms in total. The van der Waals surface area contributed by atoms with E-state index in [9.17, 15) is 4.79 Å². The van der Waals surface area contributed by atoms with Gasteiger partial charge in [0, 0.05) is 27.9 Å². The number of benzene rings is 3. The average Bonchev–Trinajstić information content (AvgIpc) is 3.64. The number of rotatable bonds is 6. The minimum Gasteiger partial charge on any atom is -0.382 e. The maximum Gasteiger partial charge on any atom is 0.255 e. The van der Waals surface area contributed by atoms with E-state index in [-0.39, 0.29) is 5.91 Å². The van der Waals surface area contributed by atoms with Crippen molar-refractivity contribution >= 4 is 50.9 Å². The van der Waals surface area contributed by atoms with E-state index in [0.717, 1.165) is 38.4 Å². The molecular weight excluding hydrogens is 486 g/mol. The van der Waals surface area contributed by atoms with Crippen molar-refractivity contribution in [2.45, 2.75) is 19.3 Å². The van der Waals surface area contributed by atoms with Crippen molar-refractivity contribution in [1.29, 1.82) is 0 Å². The normalized spacial score (nSPS) is 12.3. The standard InChI is InChI=1S/C28H23N5OS2/c29-25-24(36-28(33-25)31-22-13-12-17-8-4-9-19(17)14-22)27-32-23(16-35-27)20-10-5-11-21(15-20)30-26(34)18-6-2-1-3-7-18/h1-3,5-7,10-16H,4,8-9,29H2,(H,30,34)(H,31,33). The fraction of sp³-hybridized carbons (Fsp3) is 0.107. The molecule has 178 valence electrons. The van der Waals surface area contributed by atoms with E-state index in [0.29, 0.717) is 17.1 Å². The lowest BCUT2D eigenvalue weighted by Gasteiger charge is -2.06. The summed E-state index contributed by atoms with van der Waals surface area (Å²) >= 11 is 3.03.